The number of benzene rings is 2. The summed E-state index contributed by atoms with van der Waals surface area (Å²) in [6.07, 6.45) is 1.69. The maximum Gasteiger partial charge on any atom is 0.321 e. The van der Waals surface area contributed by atoms with Gasteiger partial charge in [0, 0.05) is 37.3 Å². The molecule has 31 heavy (non-hydrogen) atoms. The third kappa shape index (κ3) is 4.79. The highest BCUT2D eigenvalue weighted by molar-refractivity contribution is 5.91. The molecule has 1 fully saturated rings. The SMILES string of the molecule is COc1ccc2ncnc(N3CCN(C(=O)Nc4ccc(OC(C)C)cc4)CC3)c2c1. The molecule has 1 aliphatic heterocycles. The third-order valence-electron chi connectivity index (χ3n) is 5.17. The fourth-order valence-electron chi connectivity index (χ4n) is 3.61. The van der Waals surface area contributed by atoms with Crippen molar-refractivity contribution >= 4 is 28.4 Å². The zero-order valence-electron chi connectivity index (χ0n) is 18.0. The maximum absolute atomic E-state index is 12.7. The Morgan fingerprint density at radius 3 is 2.39 bits per heavy atom. The smallest absolute Gasteiger partial charge is 0.321 e. The molecule has 2 amide bonds. The molecule has 3 aromatic rings. The number of anilines is 2. The van der Waals surface area contributed by atoms with Gasteiger partial charge in [-0.1, -0.05) is 0 Å². The fraction of sp³-hybridized carbons (Fsp3) is 0.348. The largest absolute Gasteiger partial charge is 0.497 e. The molecule has 2 aromatic carbocycles. The molecule has 8 heteroatoms. The molecule has 4 rings (SSSR count). The van der Waals surface area contributed by atoms with Crippen molar-refractivity contribution in [2.75, 3.05) is 43.5 Å². The van der Waals surface area contributed by atoms with Crippen molar-refractivity contribution in [1.29, 1.82) is 0 Å². The topological polar surface area (TPSA) is 79.8 Å². The second-order valence-corrected chi connectivity index (χ2v) is 7.68. The minimum atomic E-state index is -0.105. The van der Waals surface area contributed by atoms with Gasteiger partial charge in [-0.2, -0.15) is 0 Å². The Morgan fingerprint density at radius 2 is 1.71 bits per heavy atom. The molecule has 162 valence electrons. The van der Waals surface area contributed by atoms with Gasteiger partial charge in [0.2, 0.25) is 0 Å². The first-order chi connectivity index (χ1) is 15.0. The van der Waals surface area contributed by atoms with Crippen molar-refractivity contribution in [3.63, 3.8) is 0 Å². The summed E-state index contributed by atoms with van der Waals surface area (Å²) in [6, 6.07) is 13.1. The van der Waals surface area contributed by atoms with Crippen LogP contribution in [0.1, 0.15) is 13.8 Å². The Bertz CT molecular complexity index is 1050. The average molecular weight is 422 g/mol. The molecule has 0 radical (unpaired) electrons. The summed E-state index contributed by atoms with van der Waals surface area (Å²) in [5.41, 5.74) is 1.62. The summed E-state index contributed by atoms with van der Waals surface area (Å²) in [6.45, 7) is 6.56. The molecular formula is C23H27N5O3. The number of hydrogen-bond donors (Lipinski definition) is 1. The van der Waals surface area contributed by atoms with Crippen molar-refractivity contribution in [2.45, 2.75) is 20.0 Å². The van der Waals surface area contributed by atoms with Crippen LogP contribution in [0.2, 0.25) is 0 Å². The number of rotatable bonds is 5. The van der Waals surface area contributed by atoms with Crippen LogP contribution in [0.25, 0.3) is 10.9 Å². The number of urea groups is 1. The highest BCUT2D eigenvalue weighted by Crippen LogP contribution is 2.27. The number of carbonyl (C=O) groups is 1. The number of methoxy groups -OCH3 is 1. The number of piperazine rings is 1. The number of carbonyl (C=O) groups excluding carboxylic acids is 1. The summed E-state index contributed by atoms with van der Waals surface area (Å²) < 4.78 is 11.0. The lowest BCUT2D eigenvalue weighted by molar-refractivity contribution is 0.208. The Labute approximate surface area is 181 Å². The lowest BCUT2D eigenvalue weighted by Gasteiger charge is -2.35. The summed E-state index contributed by atoms with van der Waals surface area (Å²) in [4.78, 5) is 25.5. The van der Waals surface area contributed by atoms with Gasteiger partial charge in [-0.3, -0.25) is 0 Å². The maximum atomic E-state index is 12.7. The van der Waals surface area contributed by atoms with E-state index >= 15 is 0 Å². The molecular weight excluding hydrogens is 394 g/mol. The lowest BCUT2D eigenvalue weighted by atomic mass is 10.2. The van der Waals surface area contributed by atoms with Crippen molar-refractivity contribution in [1.82, 2.24) is 14.9 Å². The fourth-order valence-corrected chi connectivity index (χ4v) is 3.61. The van der Waals surface area contributed by atoms with E-state index in [-0.39, 0.29) is 12.1 Å². The first-order valence-corrected chi connectivity index (χ1v) is 10.4. The zero-order chi connectivity index (χ0) is 21.8. The van der Waals surface area contributed by atoms with Gasteiger partial charge in [-0.05, 0) is 56.3 Å². The summed E-state index contributed by atoms with van der Waals surface area (Å²) in [5.74, 6) is 2.42. The Hall–Kier alpha value is -3.55. The average Bonchev–Trinajstić information content (AvgIpc) is 2.79. The van der Waals surface area contributed by atoms with Crippen LogP contribution in [-0.4, -0.2) is 60.3 Å². The molecule has 2 heterocycles. The van der Waals surface area contributed by atoms with Crippen LogP contribution in [0.4, 0.5) is 16.3 Å². The van der Waals surface area contributed by atoms with E-state index < -0.39 is 0 Å². The van der Waals surface area contributed by atoms with E-state index in [1.54, 1.807) is 13.4 Å². The standard InChI is InChI=1S/C23H27N5O3/c1-16(2)31-18-6-4-17(5-7-18)26-23(29)28-12-10-27(11-13-28)22-20-14-19(30-3)8-9-21(20)24-15-25-22/h4-9,14-16H,10-13H2,1-3H3,(H,26,29). The van der Waals surface area contributed by atoms with Crippen LogP contribution in [0.15, 0.2) is 48.8 Å². The predicted octanol–water partition coefficient (Wildman–Crippen LogP) is 3.78. The monoisotopic (exact) mass is 421 g/mol. The molecule has 0 spiro atoms. The Balaban J connectivity index is 1.38. The van der Waals surface area contributed by atoms with Gasteiger partial charge in [0.05, 0.1) is 18.7 Å². The van der Waals surface area contributed by atoms with Crippen molar-refractivity contribution in [2.24, 2.45) is 0 Å². The molecule has 1 aromatic heterocycles. The van der Waals surface area contributed by atoms with Crippen LogP contribution in [-0.2, 0) is 0 Å². The first-order valence-electron chi connectivity index (χ1n) is 10.4. The molecule has 1 aliphatic rings. The van der Waals surface area contributed by atoms with Crippen molar-refractivity contribution in [3.8, 4) is 11.5 Å². The second-order valence-electron chi connectivity index (χ2n) is 7.68. The molecule has 8 nitrogen and oxygen atoms in total. The molecule has 1 N–H and O–H groups in total. The number of nitrogens with zero attached hydrogens (tertiary/aromatic N) is 4. The zero-order valence-corrected chi connectivity index (χ0v) is 18.0. The van der Waals surface area contributed by atoms with Crippen molar-refractivity contribution < 1.29 is 14.3 Å². The third-order valence-corrected chi connectivity index (χ3v) is 5.17. The van der Waals surface area contributed by atoms with Gasteiger partial charge in [0.25, 0.3) is 0 Å². The minimum Gasteiger partial charge on any atom is -0.497 e. The van der Waals surface area contributed by atoms with E-state index in [4.69, 9.17) is 9.47 Å². The predicted molar refractivity (Wildman–Crippen MR) is 121 cm³/mol. The highest BCUT2D eigenvalue weighted by Gasteiger charge is 2.23. The van der Waals surface area contributed by atoms with E-state index in [0.29, 0.717) is 26.2 Å². The minimum absolute atomic E-state index is 0.105. The van der Waals surface area contributed by atoms with Gasteiger partial charge in [-0.25, -0.2) is 14.8 Å². The van der Waals surface area contributed by atoms with E-state index in [0.717, 1.165) is 33.9 Å². The quantitative estimate of drug-likeness (QED) is 0.675. The number of amides is 2. The van der Waals surface area contributed by atoms with Crippen LogP contribution >= 0.6 is 0 Å². The van der Waals surface area contributed by atoms with Gasteiger partial charge in [0.15, 0.2) is 0 Å². The van der Waals surface area contributed by atoms with Gasteiger partial charge in [0.1, 0.15) is 23.6 Å². The van der Waals surface area contributed by atoms with Crippen molar-refractivity contribution in [3.05, 3.63) is 48.8 Å². The summed E-state index contributed by atoms with van der Waals surface area (Å²) >= 11 is 0. The van der Waals surface area contributed by atoms with Gasteiger partial charge >= 0.3 is 6.03 Å². The molecule has 0 saturated carbocycles. The van der Waals surface area contributed by atoms with Gasteiger partial charge < -0.3 is 24.6 Å². The molecule has 0 aliphatic carbocycles. The van der Waals surface area contributed by atoms with Crippen LogP contribution in [0, 0.1) is 0 Å². The van der Waals surface area contributed by atoms with Crippen LogP contribution < -0.4 is 19.7 Å². The molecule has 0 atom stereocenters. The number of ether oxygens (including phenoxy) is 2. The molecule has 0 bridgehead atoms. The number of aromatic nitrogens is 2. The molecule has 0 unspecified atom stereocenters. The highest BCUT2D eigenvalue weighted by atomic mass is 16.5. The normalized spacial score (nSPS) is 14.1. The van der Waals surface area contributed by atoms with Gasteiger partial charge in [-0.15, -0.1) is 0 Å². The second kappa shape index (κ2) is 9.07. The Kier molecular flexibility index (Phi) is 6.06. The number of fused-ring (bicyclic) bond motifs is 1. The van der Waals surface area contributed by atoms with E-state index in [1.165, 1.54) is 0 Å². The lowest BCUT2D eigenvalue weighted by Crippen LogP contribution is -2.50. The summed E-state index contributed by atoms with van der Waals surface area (Å²) in [5, 5.41) is 3.91. The summed E-state index contributed by atoms with van der Waals surface area (Å²) in [7, 11) is 1.65. The first kappa shape index (κ1) is 20.7. The number of hydrogen-bond acceptors (Lipinski definition) is 6. The Morgan fingerprint density at radius 1 is 1.00 bits per heavy atom. The molecule has 1 saturated heterocycles. The van der Waals surface area contributed by atoms with Crippen LogP contribution in [0.5, 0.6) is 11.5 Å². The van der Waals surface area contributed by atoms with E-state index in [2.05, 4.69) is 20.2 Å². The number of nitrogens with one attached hydrogen (secondary N) is 1. The van der Waals surface area contributed by atoms with Crippen LogP contribution in [0.3, 0.4) is 0 Å². The van der Waals surface area contributed by atoms with E-state index in [1.807, 2.05) is 61.2 Å². The van der Waals surface area contributed by atoms with E-state index in [9.17, 15) is 4.79 Å².